The van der Waals surface area contributed by atoms with Gasteiger partial charge in [0.2, 0.25) is 0 Å². The van der Waals surface area contributed by atoms with Gasteiger partial charge < -0.3 is 5.32 Å². The number of hydrogen-bond donors (Lipinski definition) is 1. The van der Waals surface area contributed by atoms with E-state index in [0.29, 0.717) is 14.9 Å². The Hall–Kier alpha value is -2.18. The summed E-state index contributed by atoms with van der Waals surface area (Å²) in [5.74, 6) is -0.537. The minimum absolute atomic E-state index is 0.137. The SMILES string of the molecule is O=C1/C(=C\c2ccccc2)SC(=S)N1CNc1ccccc1F. The number of nitrogens with one attached hydrogen (secondary N) is 1. The van der Waals surface area contributed by atoms with E-state index in [1.54, 1.807) is 18.2 Å². The number of nitrogens with zero attached hydrogens (tertiary/aromatic N) is 1. The lowest BCUT2D eigenvalue weighted by atomic mass is 10.2. The second-order valence-corrected chi connectivity index (χ2v) is 6.51. The molecule has 2 aromatic rings. The van der Waals surface area contributed by atoms with Crippen LogP contribution in [-0.2, 0) is 4.79 Å². The summed E-state index contributed by atoms with van der Waals surface area (Å²) in [5, 5.41) is 2.90. The van der Waals surface area contributed by atoms with Crippen molar-refractivity contribution in [2.75, 3.05) is 12.0 Å². The van der Waals surface area contributed by atoms with Crippen molar-refractivity contribution in [3.8, 4) is 0 Å². The molecule has 2 aromatic carbocycles. The quantitative estimate of drug-likeness (QED) is 0.669. The third-order valence-corrected chi connectivity index (χ3v) is 4.65. The summed E-state index contributed by atoms with van der Waals surface area (Å²) in [6.45, 7) is 0.137. The van der Waals surface area contributed by atoms with Crippen LogP contribution in [0.1, 0.15) is 5.56 Å². The Morgan fingerprint density at radius 3 is 2.57 bits per heavy atom. The van der Waals surface area contributed by atoms with Crippen molar-refractivity contribution in [2.45, 2.75) is 0 Å². The maximum atomic E-state index is 13.6. The van der Waals surface area contributed by atoms with Crippen LogP contribution in [0.5, 0.6) is 0 Å². The number of benzene rings is 2. The molecule has 1 aliphatic rings. The third-order valence-electron chi connectivity index (χ3n) is 3.27. The molecule has 1 N–H and O–H groups in total. The van der Waals surface area contributed by atoms with E-state index in [1.165, 1.54) is 22.7 Å². The van der Waals surface area contributed by atoms with Gasteiger partial charge in [-0.2, -0.15) is 0 Å². The van der Waals surface area contributed by atoms with Crippen molar-refractivity contribution in [1.82, 2.24) is 4.90 Å². The number of thiocarbonyl (C=S) groups is 1. The van der Waals surface area contributed by atoms with Crippen LogP contribution in [0.4, 0.5) is 10.1 Å². The number of carbonyl (C=O) groups excluding carboxylic acids is 1. The number of halogens is 1. The van der Waals surface area contributed by atoms with E-state index >= 15 is 0 Å². The van der Waals surface area contributed by atoms with Crippen molar-refractivity contribution < 1.29 is 9.18 Å². The van der Waals surface area contributed by atoms with Crippen LogP contribution in [0, 0.1) is 5.82 Å². The number of thioether (sulfide) groups is 1. The predicted octanol–water partition coefficient (Wildman–Crippen LogP) is 4.10. The van der Waals surface area contributed by atoms with E-state index in [2.05, 4.69) is 5.32 Å². The molecule has 3 rings (SSSR count). The van der Waals surface area contributed by atoms with Crippen molar-refractivity contribution in [1.29, 1.82) is 0 Å². The molecular weight excluding hydrogens is 331 g/mol. The highest BCUT2D eigenvalue weighted by atomic mass is 32.2. The lowest BCUT2D eigenvalue weighted by Crippen LogP contribution is -2.33. The molecule has 23 heavy (non-hydrogen) atoms. The average molecular weight is 344 g/mol. The summed E-state index contributed by atoms with van der Waals surface area (Å²) in [5.41, 5.74) is 1.28. The molecule has 1 amide bonds. The zero-order valence-corrected chi connectivity index (χ0v) is 13.7. The molecular formula is C17H13FN2OS2. The highest BCUT2D eigenvalue weighted by Gasteiger charge is 2.31. The minimum atomic E-state index is -0.363. The molecule has 0 spiro atoms. The molecule has 0 aromatic heterocycles. The van der Waals surface area contributed by atoms with Gasteiger partial charge in [0.05, 0.1) is 17.3 Å². The van der Waals surface area contributed by atoms with E-state index in [0.717, 1.165) is 5.56 Å². The van der Waals surface area contributed by atoms with E-state index in [4.69, 9.17) is 12.2 Å². The molecule has 0 aliphatic carbocycles. The van der Waals surface area contributed by atoms with Crippen molar-refractivity contribution >= 4 is 46.0 Å². The van der Waals surface area contributed by atoms with Gasteiger partial charge in [0.1, 0.15) is 10.1 Å². The Morgan fingerprint density at radius 2 is 1.83 bits per heavy atom. The maximum absolute atomic E-state index is 13.6. The molecule has 6 heteroatoms. The normalized spacial score (nSPS) is 16.2. The van der Waals surface area contributed by atoms with Gasteiger partial charge in [-0.05, 0) is 23.8 Å². The van der Waals surface area contributed by atoms with Crippen LogP contribution in [0.2, 0.25) is 0 Å². The van der Waals surface area contributed by atoms with Gasteiger partial charge in [-0.3, -0.25) is 9.69 Å². The minimum Gasteiger partial charge on any atom is -0.365 e. The molecule has 0 saturated carbocycles. The molecule has 116 valence electrons. The smallest absolute Gasteiger partial charge is 0.267 e. The number of hydrogen-bond acceptors (Lipinski definition) is 4. The standard InChI is InChI=1S/C17H13FN2OS2/c18-13-8-4-5-9-14(13)19-11-20-16(21)15(23-17(20)22)10-12-6-2-1-3-7-12/h1-10,19H,11H2/b15-10+. The monoisotopic (exact) mass is 344 g/mol. The molecule has 0 atom stereocenters. The highest BCUT2D eigenvalue weighted by molar-refractivity contribution is 8.26. The van der Waals surface area contributed by atoms with Gasteiger partial charge in [-0.25, -0.2) is 4.39 Å². The summed E-state index contributed by atoms with van der Waals surface area (Å²) >= 11 is 6.50. The number of carbonyl (C=O) groups is 1. The third kappa shape index (κ3) is 3.60. The number of amides is 1. The fourth-order valence-electron chi connectivity index (χ4n) is 2.11. The van der Waals surface area contributed by atoms with Crippen LogP contribution in [0.3, 0.4) is 0 Å². The first kappa shape index (κ1) is 15.7. The Balaban J connectivity index is 1.72. The maximum Gasteiger partial charge on any atom is 0.267 e. The molecule has 1 fully saturated rings. The fourth-order valence-corrected chi connectivity index (χ4v) is 3.36. The van der Waals surface area contributed by atoms with Crippen LogP contribution >= 0.6 is 24.0 Å². The zero-order valence-electron chi connectivity index (χ0n) is 12.0. The molecule has 1 saturated heterocycles. The van der Waals surface area contributed by atoms with Gasteiger partial charge in [-0.1, -0.05) is 66.4 Å². The van der Waals surface area contributed by atoms with Gasteiger partial charge >= 0.3 is 0 Å². The largest absolute Gasteiger partial charge is 0.365 e. The van der Waals surface area contributed by atoms with Crippen LogP contribution in [0.15, 0.2) is 59.5 Å². The molecule has 1 heterocycles. The predicted molar refractivity (Wildman–Crippen MR) is 96.3 cm³/mol. The van der Waals surface area contributed by atoms with Crippen LogP contribution in [-0.4, -0.2) is 21.8 Å². The fraction of sp³-hybridized carbons (Fsp3) is 0.0588. The summed E-state index contributed by atoms with van der Waals surface area (Å²) < 4.78 is 14.1. The Kier molecular flexibility index (Phi) is 4.73. The molecule has 0 bridgehead atoms. The Bertz CT molecular complexity index is 777. The topological polar surface area (TPSA) is 32.3 Å². The highest BCUT2D eigenvalue weighted by Crippen LogP contribution is 2.32. The summed E-state index contributed by atoms with van der Waals surface area (Å²) in [4.78, 5) is 14.4. The lowest BCUT2D eigenvalue weighted by Gasteiger charge is -2.16. The van der Waals surface area contributed by atoms with E-state index in [9.17, 15) is 9.18 Å². The summed E-state index contributed by atoms with van der Waals surface area (Å²) in [7, 11) is 0. The molecule has 3 nitrogen and oxygen atoms in total. The van der Waals surface area contributed by atoms with E-state index < -0.39 is 0 Å². The van der Waals surface area contributed by atoms with E-state index in [1.807, 2.05) is 36.4 Å². The lowest BCUT2D eigenvalue weighted by molar-refractivity contribution is -0.121. The summed E-state index contributed by atoms with van der Waals surface area (Å²) in [6.07, 6.45) is 1.81. The first-order chi connectivity index (χ1) is 11.1. The van der Waals surface area contributed by atoms with Crippen molar-refractivity contribution in [3.63, 3.8) is 0 Å². The van der Waals surface area contributed by atoms with Gasteiger partial charge in [0, 0.05) is 0 Å². The Morgan fingerprint density at radius 1 is 1.13 bits per heavy atom. The molecule has 1 aliphatic heterocycles. The van der Waals surface area contributed by atoms with Crippen molar-refractivity contribution in [2.24, 2.45) is 0 Å². The van der Waals surface area contributed by atoms with Crippen LogP contribution < -0.4 is 5.32 Å². The summed E-state index contributed by atoms with van der Waals surface area (Å²) in [6, 6.07) is 15.9. The van der Waals surface area contributed by atoms with E-state index in [-0.39, 0.29) is 18.4 Å². The van der Waals surface area contributed by atoms with Crippen molar-refractivity contribution in [3.05, 3.63) is 70.9 Å². The molecule has 0 radical (unpaired) electrons. The average Bonchev–Trinajstić information content (AvgIpc) is 2.82. The second kappa shape index (κ2) is 6.93. The Labute approximate surface area is 143 Å². The van der Waals surface area contributed by atoms with Gasteiger partial charge in [-0.15, -0.1) is 0 Å². The molecule has 0 unspecified atom stereocenters. The number of rotatable bonds is 4. The number of anilines is 1. The van der Waals surface area contributed by atoms with Gasteiger partial charge in [0.15, 0.2) is 0 Å². The second-order valence-electron chi connectivity index (χ2n) is 4.84. The van der Waals surface area contributed by atoms with Crippen LogP contribution in [0.25, 0.3) is 6.08 Å². The first-order valence-corrected chi connectivity index (χ1v) is 8.16. The van der Waals surface area contributed by atoms with Gasteiger partial charge in [0.25, 0.3) is 5.91 Å². The zero-order chi connectivity index (χ0) is 16.2. The number of para-hydroxylation sites is 1. The first-order valence-electron chi connectivity index (χ1n) is 6.94.